The van der Waals surface area contributed by atoms with Crippen molar-refractivity contribution < 1.29 is 38.8 Å². The first-order valence-corrected chi connectivity index (χ1v) is 14.1. The second-order valence-electron chi connectivity index (χ2n) is 9.20. The van der Waals surface area contributed by atoms with E-state index in [0.717, 1.165) is 16.7 Å². The number of amides is 2. The molecular weight excluding hydrogens is 548 g/mol. The molecule has 1 saturated heterocycles. The summed E-state index contributed by atoms with van der Waals surface area (Å²) >= 11 is 1.42. The van der Waals surface area contributed by atoms with Crippen LogP contribution in [-0.2, 0) is 25.6 Å². The summed E-state index contributed by atoms with van der Waals surface area (Å²) in [5, 5.41) is 24.1. The van der Waals surface area contributed by atoms with Crippen LogP contribution in [0.15, 0.2) is 77.7 Å². The molecule has 216 valence electrons. The van der Waals surface area contributed by atoms with Crippen molar-refractivity contribution in [2.24, 2.45) is 0 Å². The van der Waals surface area contributed by atoms with E-state index in [1.54, 1.807) is 55.5 Å². The van der Waals surface area contributed by atoms with E-state index >= 15 is 0 Å². The van der Waals surface area contributed by atoms with E-state index in [1.807, 2.05) is 24.3 Å². The zero-order valence-corrected chi connectivity index (χ0v) is 23.3. The highest BCUT2D eigenvalue weighted by atomic mass is 32.2. The quantitative estimate of drug-likeness (QED) is 0.184. The van der Waals surface area contributed by atoms with Crippen molar-refractivity contribution in [3.63, 3.8) is 0 Å². The van der Waals surface area contributed by atoms with Gasteiger partial charge in [-0.05, 0) is 42.3 Å². The minimum atomic E-state index is -0.982. The van der Waals surface area contributed by atoms with Crippen LogP contribution in [-0.4, -0.2) is 53.2 Å². The summed E-state index contributed by atoms with van der Waals surface area (Å²) in [4.78, 5) is 35.9. The highest BCUT2D eigenvalue weighted by molar-refractivity contribution is 7.99. The van der Waals surface area contributed by atoms with Gasteiger partial charge in [0.25, 0.3) is 0 Å². The number of thioether (sulfide) groups is 1. The van der Waals surface area contributed by atoms with Crippen LogP contribution in [0.4, 0.5) is 10.5 Å². The lowest BCUT2D eigenvalue weighted by molar-refractivity contribution is -0.245. The highest BCUT2D eigenvalue weighted by Crippen LogP contribution is 2.40. The van der Waals surface area contributed by atoms with Crippen LogP contribution in [0, 0.1) is 0 Å². The van der Waals surface area contributed by atoms with E-state index in [-0.39, 0.29) is 37.5 Å². The predicted molar refractivity (Wildman–Crippen MR) is 153 cm³/mol. The number of ether oxygens (including phenoxy) is 3. The number of carboxylic acids is 1. The zero-order chi connectivity index (χ0) is 29.2. The van der Waals surface area contributed by atoms with Crippen LogP contribution in [0.1, 0.15) is 52.8 Å². The van der Waals surface area contributed by atoms with Crippen molar-refractivity contribution in [2.75, 3.05) is 24.2 Å². The molecule has 41 heavy (non-hydrogen) atoms. The SMILES string of the molecule is CCOC(=O)CNC(=O)Nc1ccc([C@H]2O[C@@H](CSc3ccccc3C(=O)O)C[C@@H](c3ccc(CO)cc3)O2)cc1. The van der Waals surface area contributed by atoms with Gasteiger partial charge in [-0.15, -0.1) is 11.8 Å². The zero-order valence-electron chi connectivity index (χ0n) is 22.4. The average Bonchev–Trinajstić information content (AvgIpc) is 2.99. The van der Waals surface area contributed by atoms with Crippen molar-refractivity contribution in [2.45, 2.75) is 43.3 Å². The first-order valence-electron chi connectivity index (χ1n) is 13.1. The molecule has 11 heteroatoms. The molecule has 3 atom stereocenters. The molecule has 10 nitrogen and oxygen atoms in total. The number of carbonyl (C=O) groups is 3. The number of aromatic carboxylic acids is 1. The maximum atomic E-state index is 12.1. The maximum Gasteiger partial charge on any atom is 0.336 e. The molecule has 0 spiro atoms. The second-order valence-corrected chi connectivity index (χ2v) is 10.3. The number of carbonyl (C=O) groups excluding carboxylic acids is 2. The molecule has 3 aromatic rings. The summed E-state index contributed by atoms with van der Waals surface area (Å²) in [5.41, 5.74) is 3.23. The second kappa shape index (κ2) is 14.6. The lowest BCUT2D eigenvalue weighted by Crippen LogP contribution is -2.34. The van der Waals surface area contributed by atoms with E-state index < -0.39 is 24.3 Å². The van der Waals surface area contributed by atoms with Gasteiger partial charge in [0, 0.05) is 28.3 Å². The third kappa shape index (κ3) is 8.54. The number of hydrogen-bond donors (Lipinski definition) is 4. The first kappa shape index (κ1) is 30.1. The Morgan fingerprint density at radius 2 is 1.68 bits per heavy atom. The van der Waals surface area contributed by atoms with Gasteiger partial charge in [0.15, 0.2) is 6.29 Å². The third-order valence-corrected chi connectivity index (χ3v) is 7.50. The van der Waals surface area contributed by atoms with Gasteiger partial charge in [-0.3, -0.25) is 4.79 Å². The number of benzene rings is 3. The molecular formula is C30H32N2O8S. The van der Waals surface area contributed by atoms with Crippen molar-refractivity contribution >= 4 is 35.4 Å². The topological polar surface area (TPSA) is 143 Å². The summed E-state index contributed by atoms with van der Waals surface area (Å²) in [5.74, 6) is -0.997. The Balaban J connectivity index is 1.46. The summed E-state index contributed by atoms with van der Waals surface area (Å²) in [6.45, 7) is 1.63. The fourth-order valence-corrected chi connectivity index (χ4v) is 5.30. The number of urea groups is 1. The number of rotatable bonds is 11. The molecule has 2 amide bonds. The summed E-state index contributed by atoms with van der Waals surface area (Å²) in [7, 11) is 0. The van der Waals surface area contributed by atoms with Crippen LogP contribution in [0.3, 0.4) is 0 Å². The first-order chi connectivity index (χ1) is 19.9. The molecule has 1 aliphatic rings. The molecule has 1 aliphatic heterocycles. The summed E-state index contributed by atoms with van der Waals surface area (Å²) < 4.78 is 17.5. The standard InChI is InChI=1S/C30H32N2O8S/c1-2-38-27(34)16-31-30(37)32-22-13-11-21(12-14-22)29-39-23(18-41-26-6-4-3-5-24(26)28(35)36)15-25(40-29)20-9-7-19(17-33)8-10-20/h3-14,23,25,29,33H,2,15-18H2,1H3,(H,35,36)(H2,31,32,37)/t23-,25+,29+/m1/s1. The van der Waals surface area contributed by atoms with Gasteiger partial charge in [0.1, 0.15) is 6.54 Å². The van der Waals surface area contributed by atoms with Crippen LogP contribution in [0.25, 0.3) is 0 Å². The number of aliphatic hydroxyl groups excluding tert-OH is 1. The lowest BCUT2D eigenvalue weighted by atomic mass is 10.0. The molecule has 0 aromatic heterocycles. The molecule has 3 aromatic carbocycles. The Hall–Kier alpha value is -3.90. The number of hydrogen-bond acceptors (Lipinski definition) is 8. The molecule has 0 aliphatic carbocycles. The van der Waals surface area contributed by atoms with Crippen LogP contribution < -0.4 is 10.6 Å². The van der Waals surface area contributed by atoms with E-state index in [0.29, 0.717) is 22.8 Å². The molecule has 1 heterocycles. The molecule has 4 N–H and O–H groups in total. The average molecular weight is 581 g/mol. The van der Waals surface area contributed by atoms with Crippen molar-refractivity contribution in [1.82, 2.24) is 5.32 Å². The maximum absolute atomic E-state index is 12.1. The van der Waals surface area contributed by atoms with E-state index in [9.17, 15) is 24.6 Å². The minimum Gasteiger partial charge on any atom is -0.478 e. The minimum absolute atomic E-state index is 0.0545. The monoisotopic (exact) mass is 580 g/mol. The highest BCUT2D eigenvalue weighted by Gasteiger charge is 2.32. The molecule has 1 fully saturated rings. The van der Waals surface area contributed by atoms with Gasteiger partial charge in [0.05, 0.1) is 31.0 Å². The van der Waals surface area contributed by atoms with E-state index in [2.05, 4.69) is 10.6 Å². The van der Waals surface area contributed by atoms with Gasteiger partial charge in [-0.1, -0.05) is 48.5 Å². The summed E-state index contributed by atoms with van der Waals surface area (Å²) in [6, 6.07) is 20.9. The van der Waals surface area contributed by atoms with Gasteiger partial charge < -0.3 is 35.1 Å². The number of esters is 1. The fourth-order valence-electron chi connectivity index (χ4n) is 4.24. The lowest BCUT2D eigenvalue weighted by Gasteiger charge is -2.36. The molecule has 0 bridgehead atoms. The van der Waals surface area contributed by atoms with Gasteiger partial charge in [0.2, 0.25) is 0 Å². The van der Waals surface area contributed by atoms with Gasteiger partial charge in [-0.25, -0.2) is 9.59 Å². The van der Waals surface area contributed by atoms with Gasteiger partial charge >= 0.3 is 18.0 Å². The Bertz CT molecular complexity index is 1330. The third-order valence-electron chi connectivity index (χ3n) is 6.30. The Labute approximate surface area is 242 Å². The Morgan fingerprint density at radius 3 is 2.37 bits per heavy atom. The van der Waals surface area contributed by atoms with Crippen LogP contribution >= 0.6 is 11.8 Å². The number of nitrogens with one attached hydrogen (secondary N) is 2. The number of anilines is 1. The molecule has 0 saturated carbocycles. The Kier molecular flexibility index (Phi) is 10.7. The molecule has 4 rings (SSSR count). The van der Waals surface area contributed by atoms with Gasteiger partial charge in [-0.2, -0.15) is 0 Å². The molecule has 0 radical (unpaired) electrons. The van der Waals surface area contributed by atoms with Crippen LogP contribution in [0.5, 0.6) is 0 Å². The smallest absolute Gasteiger partial charge is 0.336 e. The molecule has 0 unspecified atom stereocenters. The van der Waals surface area contributed by atoms with E-state index in [1.165, 1.54) is 11.8 Å². The van der Waals surface area contributed by atoms with Crippen molar-refractivity contribution in [3.05, 3.63) is 95.1 Å². The van der Waals surface area contributed by atoms with Crippen molar-refractivity contribution in [1.29, 1.82) is 0 Å². The number of carboxylic acid groups (broad SMARTS) is 1. The predicted octanol–water partition coefficient (Wildman–Crippen LogP) is 4.90. The van der Waals surface area contributed by atoms with E-state index in [4.69, 9.17) is 14.2 Å². The Morgan fingerprint density at radius 1 is 0.976 bits per heavy atom. The number of aliphatic hydroxyl groups is 1. The normalized spacial score (nSPS) is 18.3. The largest absolute Gasteiger partial charge is 0.478 e. The van der Waals surface area contributed by atoms with Crippen molar-refractivity contribution in [3.8, 4) is 0 Å². The van der Waals surface area contributed by atoms with Crippen LogP contribution in [0.2, 0.25) is 0 Å². The summed E-state index contributed by atoms with van der Waals surface area (Å²) in [6.07, 6.45) is -0.710. The fraction of sp³-hybridized carbons (Fsp3) is 0.300.